The van der Waals surface area contributed by atoms with Gasteiger partial charge in [0, 0.05) is 31.0 Å². The van der Waals surface area contributed by atoms with Crippen LogP contribution in [0.25, 0.3) is 0 Å². The number of carbonyl (C=O) groups is 2. The number of rotatable bonds is 3. The first-order chi connectivity index (χ1) is 10.2. The van der Waals surface area contributed by atoms with Gasteiger partial charge in [-0.15, -0.1) is 11.8 Å². The first-order valence-electron chi connectivity index (χ1n) is 7.00. The van der Waals surface area contributed by atoms with Crippen molar-refractivity contribution in [3.05, 3.63) is 24.3 Å². The van der Waals surface area contributed by atoms with Crippen LogP contribution in [0, 0.1) is 5.92 Å². The second-order valence-electron chi connectivity index (χ2n) is 5.24. The molecule has 1 unspecified atom stereocenters. The molecule has 2 aliphatic rings. The maximum atomic E-state index is 12.4. The van der Waals surface area contributed by atoms with Gasteiger partial charge in [0.2, 0.25) is 11.8 Å². The minimum atomic E-state index is -0.210. The number of benzene rings is 1. The van der Waals surface area contributed by atoms with E-state index in [0.717, 1.165) is 29.6 Å². The molecular weight excluding hydrogens is 288 g/mol. The summed E-state index contributed by atoms with van der Waals surface area (Å²) in [6.07, 6.45) is 0.312. The van der Waals surface area contributed by atoms with E-state index in [1.54, 1.807) is 23.8 Å². The molecule has 0 N–H and O–H groups in total. The molecule has 3 rings (SSSR count). The number of carbonyl (C=O) groups excluding carboxylic acids is 2. The molecule has 0 radical (unpaired) electrons. The predicted octanol–water partition coefficient (Wildman–Crippen LogP) is 1.58. The van der Waals surface area contributed by atoms with Crippen molar-refractivity contribution in [3.63, 3.8) is 0 Å². The monoisotopic (exact) mass is 306 g/mol. The summed E-state index contributed by atoms with van der Waals surface area (Å²) in [6.45, 7) is 1.28. The van der Waals surface area contributed by atoms with Gasteiger partial charge in [-0.2, -0.15) is 0 Å². The summed E-state index contributed by atoms with van der Waals surface area (Å²) < 4.78 is 5.12. The average Bonchev–Trinajstić information content (AvgIpc) is 3.16. The first-order valence-corrected chi connectivity index (χ1v) is 8.15. The van der Waals surface area contributed by atoms with E-state index in [4.69, 9.17) is 4.74 Å². The summed E-state index contributed by atoms with van der Waals surface area (Å²) in [4.78, 5) is 28.1. The summed E-state index contributed by atoms with van der Waals surface area (Å²) in [5.41, 5.74) is 0.826. The van der Waals surface area contributed by atoms with E-state index in [1.165, 1.54) is 0 Å². The number of anilines is 1. The lowest BCUT2D eigenvalue weighted by Gasteiger charge is -2.20. The molecule has 6 heteroatoms. The van der Waals surface area contributed by atoms with Gasteiger partial charge in [0.15, 0.2) is 0 Å². The van der Waals surface area contributed by atoms with E-state index in [2.05, 4.69) is 0 Å². The summed E-state index contributed by atoms with van der Waals surface area (Å²) in [7, 11) is 1.61. The third-order valence-corrected chi connectivity index (χ3v) is 4.89. The van der Waals surface area contributed by atoms with Crippen LogP contribution < -0.4 is 9.64 Å². The summed E-state index contributed by atoms with van der Waals surface area (Å²) in [5.74, 6) is 2.43. The van der Waals surface area contributed by atoms with E-state index >= 15 is 0 Å². The molecule has 0 spiro atoms. The second kappa shape index (κ2) is 5.97. The van der Waals surface area contributed by atoms with Crippen LogP contribution in [0.3, 0.4) is 0 Å². The number of hydrogen-bond donors (Lipinski definition) is 0. The Hall–Kier alpha value is -1.69. The fraction of sp³-hybridized carbons (Fsp3) is 0.467. The van der Waals surface area contributed by atoms with Crippen LogP contribution in [0.4, 0.5) is 5.69 Å². The molecule has 1 aromatic carbocycles. The van der Waals surface area contributed by atoms with E-state index in [9.17, 15) is 9.59 Å². The molecule has 21 heavy (non-hydrogen) atoms. The van der Waals surface area contributed by atoms with Crippen LogP contribution in [0.5, 0.6) is 5.75 Å². The van der Waals surface area contributed by atoms with Gasteiger partial charge < -0.3 is 14.5 Å². The maximum Gasteiger partial charge on any atom is 0.228 e. The van der Waals surface area contributed by atoms with Crippen LogP contribution in [0.2, 0.25) is 0 Å². The standard InChI is InChI=1S/C15H18N2O3S/c1-20-13-4-2-12(3-5-13)17-9-11(8-14(17)18)15(19)16-6-7-21-10-16/h2-5,11H,6-10H2,1H3. The largest absolute Gasteiger partial charge is 0.497 e. The molecule has 0 bridgehead atoms. The maximum absolute atomic E-state index is 12.4. The quantitative estimate of drug-likeness (QED) is 0.851. The predicted molar refractivity (Wildman–Crippen MR) is 82.5 cm³/mol. The van der Waals surface area contributed by atoms with E-state index in [-0.39, 0.29) is 17.7 Å². The van der Waals surface area contributed by atoms with Gasteiger partial charge in [-0.25, -0.2) is 0 Å². The Kier molecular flexibility index (Phi) is 4.05. The SMILES string of the molecule is COc1ccc(N2CC(C(=O)N3CCSC3)CC2=O)cc1. The van der Waals surface area contributed by atoms with Crippen molar-refractivity contribution < 1.29 is 14.3 Å². The van der Waals surface area contributed by atoms with Crippen LogP contribution in [-0.2, 0) is 9.59 Å². The lowest BCUT2D eigenvalue weighted by molar-refractivity contribution is -0.134. The zero-order chi connectivity index (χ0) is 14.8. The molecule has 2 saturated heterocycles. The Balaban J connectivity index is 1.70. The average molecular weight is 306 g/mol. The van der Waals surface area contributed by atoms with Crippen LogP contribution in [0.15, 0.2) is 24.3 Å². The third-order valence-electron chi connectivity index (χ3n) is 3.92. The lowest BCUT2D eigenvalue weighted by Crippen LogP contribution is -2.35. The number of ether oxygens (including phenoxy) is 1. The fourth-order valence-electron chi connectivity index (χ4n) is 2.73. The molecule has 2 aliphatic heterocycles. The molecule has 2 fully saturated rings. The van der Waals surface area contributed by atoms with Gasteiger partial charge in [0.25, 0.3) is 0 Å². The van der Waals surface area contributed by atoms with Gasteiger partial charge in [-0.3, -0.25) is 9.59 Å². The summed E-state index contributed by atoms with van der Waals surface area (Å²) >= 11 is 1.76. The molecule has 2 amide bonds. The van der Waals surface area contributed by atoms with Crippen LogP contribution >= 0.6 is 11.8 Å². The molecule has 0 aliphatic carbocycles. The Morgan fingerprint density at radius 1 is 1.33 bits per heavy atom. The van der Waals surface area contributed by atoms with Crippen molar-refractivity contribution in [1.82, 2.24) is 4.90 Å². The van der Waals surface area contributed by atoms with Gasteiger partial charge in [0.1, 0.15) is 5.75 Å². The van der Waals surface area contributed by atoms with Gasteiger partial charge in [-0.1, -0.05) is 0 Å². The smallest absolute Gasteiger partial charge is 0.228 e. The topological polar surface area (TPSA) is 49.9 Å². The van der Waals surface area contributed by atoms with Crippen molar-refractivity contribution in [1.29, 1.82) is 0 Å². The highest BCUT2D eigenvalue weighted by Gasteiger charge is 2.37. The molecule has 0 aromatic heterocycles. The molecule has 0 saturated carbocycles. The van der Waals surface area contributed by atoms with Gasteiger partial charge in [-0.05, 0) is 24.3 Å². The minimum Gasteiger partial charge on any atom is -0.497 e. The van der Waals surface area contributed by atoms with Crippen LogP contribution in [0.1, 0.15) is 6.42 Å². The first kappa shape index (κ1) is 14.3. The van der Waals surface area contributed by atoms with Crippen LogP contribution in [-0.4, -0.2) is 48.5 Å². The number of nitrogens with zero attached hydrogens (tertiary/aromatic N) is 2. The highest BCUT2D eigenvalue weighted by Crippen LogP contribution is 2.28. The van der Waals surface area contributed by atoms with Crippen molar-refractivity contribution in [3.8, 4) is 5.75 Å². The Labute approximate surface area is 128 Å². The zero-order valence-electron chi connectivity index (χ0n) is 11.9. The molecule has 112 valence electrons. The number of methoxy groups -OCH3 is 1. The fourth-order valence-corrected chi connectivity index (χ4v) is 3.69. The third kappa shape index (κ3) is 2.85. The number of hydrogen-bond acceptors (Lipinski definition) is 4. The molecular formula is C15H18N2O3S. The lowest BCUT2D eigenvalue weighted by atomic mass is 10.1. The molecule has 5 nitrogen and oxygen atoms in total. The number of thioether (sulfide) groups is 1. The molecule has 1 atom stereocenters. The van der Waals surface area contributed by atoms with E-state index < -0.39 is 0 Å². The van der Waals surface area contributed by atoms with E-state index in [0.29, 0.717) is 13.0 Å². The normalized spacial score (nSPS) is 22.0. The highest BCUT2D eigenvalue weighted by atomic mass is 32.2. The zero-order valence-corrected chi connectivity index (χ0v) is 12.8. The number of amides is 2. The Morgan fingerprint density at radius 3 is 2.71 bits per heavy atom. The van der Waals surface area contributed by atoms with Gasteiger partial charge >= 0.3 is 0 Å². The highest BCUT2D eigenvalue weighted by molar-refractivity contribution is 7.99. The molecule has 1 aromatic rings. The van der Waals surface area contributed by atoms with Crippen molar-refractivity contribution >= 4 is 29.3 Å². The van der Waals surface area contributed by atoms with Crippen molar-refractivity contribution in [2.75, 3.05) is 36.7 Å². The van der Waals surface area contributed by atoms with Crippen molar-refractivity contribution in [2.24, 2.45) is 5.92 Å². The Morgan fingerprint density at radius 2 is 2.10 bits per heavy atom. The second-order valence-corrected chi connectivity index (χ2v) is 6.32. The minimum absolute atomic E-state index is 0.0189. The van der Waals surface area contributed by atoms with Crippen molar-refractivity contribution in [2.45, 2.75) is 6.42 Å². The summed E-state index contributed by atoms with van der Waals surface area (Å²) in [6, 6.07) is 7.37. The van der Waals surface area contributed by atoms with E-state index in [1.807, 2.05) is 29.2 Å². The summed E-state index contributed by atoms with van der Waals surface area (Å²) in [5, 5.41) is 0. The van der Waals surface area contributed by atoms with Gasteiger partial charge in [0.05, 0.1) is 18.9 Å². The molecule has 2 heterocycles. The Bertz CT molecular complexity index is 540.